The van der Waals surface area contributed by atoms with Gasteiger partial charge in [-0.2, -0.15) is 0 Å². The number of nitrogens with one attached hydrogen (secondary N) is 1. The molecule has 0 unspecified atom stereocenters. The SMILES string of the molecule is C=C(C)c1cc(S(=O)(=O)NC(=O)Cc2c(-c3ccnc(OC)c3)cc(F)cc2C(C)C)c(F)cc1F. The lowest BCUT2D eigenvalue weighted by molar-refractivity contribution is -0.118. The Balaban J connectivity index is 2.04. The van der Waals surface area contributed by atoms with Gasteiger partial charge < -0.3 is 4.74 Å². The third kappa shape index (κ3) is 5.76. The van der Waals surface area contributed by atoms with Crippen LogP contribution in [0, 0.1) is 17.5 Å². The molecule has 1 heterocycles. The number of pyridine rings is 1. The van der Waals surface area contributed by atoms with Gasteiger partial charge in [-0.15, -0.1) is 0 Å². The van der Waals surface area contributed by atoms with Crippen LogP contribution in [0.3, 0.4) is 0 Å². The van der Waals surface area contributed by atoms with E-state index < -0.39 is 44.7 Å². The predicted molar refractivity (Wildman–Crippen MR) is 130 cm³/mol. The Hall–Kier alpha value is -3.66. The first kappa shape index (κ1) is 26.9. The third-order valence-electron chi connectivity index (χ3n) is 5.48. The molecule has 1 N–H and O–H groups in total. The Morgan fingerprint density at radius 1 is 1.11 bits per heavy atom. The second-order valence-corrected chi connectivity index (χ2v) is 10.2. The molecule has 36 heavy (non-hydrogen) atoms. The number of nitrogens with zero attached hydrogens (tertiary/aromatic N) is 1. The number of ether oxygens (including phenoxy) is 1. The number of benzene rings is 2. The van der Waals surface area contributed by atoms with Crippen LogP contribution in [0.5, 0.6) is 5.88 Å². The molecule has 0 atom stereocenters. The van der Waals surface area contributed by atoms with Gasteiger partial charge in [0, 0.05) is 23.9 Å². The van der Waals surface area contributed by atoms with Gasteiger partial charge in [0.15, 0.2) is 0 Å². The molecule has 6 nitrogen and oxygen atoms in total. The largest absolute Gasteiger partial charge is 0.481 e. The maximum Gasteiger partial charge on any atom is 0.266 e. The zero-order valence-corrected chi connectivity index (χ0v) is 21.0. The second kappa shape index (κ2) is 10.5. The van der Waals surface area contributed by atoms with Crippen molar-refractivity contribution in [3.63, 3.8) is 0 Å². The highest BCUT2D eigenvalue weighted by atomic mass is 32.2. The van der Waals surface area contributed by atoms with Gasteiger partial charge in [0.05, 0.1) is 13.5 Å². The number of methoxy groups -OCH3 is 1. The number of carbonyl (C=O) groups is 1. The van der Waals surface area contributed by atoms with Crippen LogP contribution in [-0.4, -0.2) is 26.4 Å². The van der Waals surface area contributed by atoms with Crippen LogP contribution in [0.15, 0.2) is 54.1 Å². The average molecular weight is 519 g/mol. The van der Waals surface area contributed by atoms with Crippen LogP contribution in [0.25, 0.3) is 16.7 Å². The summed E-state index contributed by atoms with van der Waals surface area (Å²) in [6.45, 7) is 8.59. The number of hydrogen-bond acceptors (Lipinski definition) is 5. The minimum absolute atomic E-state index is 0.181. The van der Waals surface area contributed by atoms with Gasteiger partial charge in [0.2, 0.25) is 11.8 Å². The van der Waals surface area contributed by atoms with E-state index in [0.717, 1.165) is 6.07 Å². The average Bonchev–Trinajstić information content (AvgIpc) is 2.78. The molecule has 0 spiro atoms. The number of amides is 1. The van der Waals surface area contributed by atoms with Crippen molar-refractivity contribution in [2.45, 2.75) is 38.0 Å². The van der Waals surface area contributed by atoms with Gasteiger partial charge >= 0.3 is 0 Å². The molecule has 0 saturated carbocycles. The van der Waals surface area contributed by atoms with Crippen LogP contribution < -0.4 is 9.46 Å². The third-order valence-corrected chi connectivity index (χ3v) is 6.87. The first-order chi connectivity index (χ1) is 16.8. The summed E-state index contributed by atoms with van der Waals surface area (Å²) in [5.41, 5.74) is 1.72. The number of sulfonamides is 1. The van der Waals surface area contributed by atoms with Crippen LogP contribution in [-0.2, 0) is 21.2 Å². The van der Waals surface area contributed by atoms with E-state index in [0.29, 0.717) is 28.3 Å². The van der Waals surface area contributed by atoms with Crippen molar-refractivity contribution in [1.82, 2.24) is 9.71 Å². The Morgan fingerprint density at radius 2 is 1.81 bits per heavy atom. The molecule has 2 aromatic carbocycles. The van der Waals surface area contributed by atoms with Crippen molar-refractivity contribution in [2.24, 2.45) is 0 Å². The summed E-state index contributed by atoms with van der Waals surface area (Å²) in [4.78, 5) is 16.1. The van der Waals surface area contributed by atoms with Crippen molar-refractivity contribution >= 4 is 21.5 Å². The molecular weight excluding hydrogens is 493 g/mol. The fraction of sp³-hybridized carbons (Fsp3) is 0.231. The first-order valence-electron chi connectivity index (χ1n) is 10.9. The summed E-state index contributed by atoms with van der Waals surface area (Å²) in [6, 6.07) is 6.89. The molecule has 0 aliphatic carbocycles. The quantitative estimate of drug-likeness (QED) is 0.433. The van der Waals surface area contributed by atoms with Crippen LogP contribution in [0.1, 0.15) is 43.4 Å². The number of carbonyl (C=O) groups excluding carboxylic acids is 1. The zero-order chi connectivity index (χ0) is 26.8. The van der Waals surface area contributed by atoms with E-state index in [2.05, 4.69) is 11.6 Å². The van der Waals surface area contributed by atoms with E-state index in [-0.39, 0.29) is 22.9 Å². The number of aromatic nitrogens is 1. The summed E-state index contributed by atoms with van der Waals surface area (Å²) in [5.74, 6) is -3.80. The molecule has 3 aromatic rings. The monoisotopic (exact) mass is 518 g/mol. The maximum absolute atomic E-state index is 14.5. The Morgan fingerprint density at radius 3 is 2.42 bits per heavy atom. The smallest absolute Gasteiger partial charge is 0.266 e. The molecule has 0 aliphatic heterocycles. The predicted octanol–water partition coefficient (Wildman–Crippen LogP) is 5.38. The lowest BCUT2D eigenvalue weighted by atomic mass is 9.88. The van der Waals surface area contributed by atoms with Gasteiger partial charge in [0.1, 0.15) is 22.3 Å². The minimum atomic E-state index is -4.70. The van der Waals surface area contributed by atoms with Crippen molar-refractivity contribution in [3.8, 4) is 17.0 Å². The van der Waals surface area contributed by atoms with Gasteiger partial charge in [-0.05, 0) is 64.9 Å². The van der Waals surface area contributed by atoms with E-state index in [1.807, 2.05) is 4.72 Å². The van der Waals surface area contributed by atoms with Gasteiger partial charge in [-0.1, -0.05) is 20.4 Å². The van der Waals surface area contributed by atoms with Crippen LogP contribution in [0.4, 0.5) is 13.2 Å². The highest BCUT2D eigenvalue weighted by Crippen LogP contribution is 2.33. The van der Waals surface area contributed by atoms with Crippen molar-refractivity contribution in [1.29, 1.82) is 0 Å². The number of allylic oxidation sites excluding steroid dienone is 1. The van der Waals surface area contributed by atoms with Crippen LogP contribution in [0.2, 0.25) is 0 Å². The fourth-order valence-corrected chi connectivity index (χ4v) is 4.85. The van der Waals surface area contributed by atoms with Crippen molar-refractivity contribution < 1.29 is 31.1 Å². The molecule has 10 heteroatoms. The molecule has 0 bridgehead atoms. The molecular formula is C26H25F3N2O4S. The van der Waals surface area contributed by atoms with E-state index in [9.17, 15) is 26.4 Å². The van der Waals surface area contributed by atoms with Gasteiger partial charge in [-0.25, -0.2) is 31.3 Å². The Kier molecular flexibility index (Phi) is 7.88. The van der Waals surface area contributed by atoms with Crippen molar-refractivity contribution in [3.05, 3.63) is 83.3 Å². The van der Waals surface area contributed by atoms with E-state index in [1.165, 1.54) is 32.4 Å². The Labute approximate surface area is 207 Å². The molecule has 1 amide bonds. The first-order valence-corrected chi connectivity index (χ1v) is 12.4. The maximum atomic E-state index is 14.5. The zero-order valence-electron chi connectivity index (χ0n) is 20.2. The van der Waals surface area contributed by atoms with Crippen molar-refractivity contribution in [2.75, 3.05) is 7.11 Å². The fourth-order valence-electron chi connectivity index (χ4n) is 3.78. The number of halogens is 3. The number of hydrogen-bond donors (Lipinski definition) is 1. The highest BCUT2D eigenvalue weighted by Gasteiger charge is 2.26. The molecule has 190 valence electrons. The lowest BCUT2D eigenvalue weighted by Crippen LogP contribution is -2.33. The highest BCUT2D eigenvalue weighted by molar-refractivity contribution is 7.90. The molecule has 3 rings (SSSR count). The summed E-state index contributed by atoms with van der Waals surface area (Å²) >= 11 is 0. The van der Waals surface area contributed by atoms with E-state index in [1.54, 1.807) is 26.0 Å². The normalized spacial score (nSPS) is 11.4. The molecule has 0 fully saturated rings. The molecule has 0 aliphatic rings. The standard InChI is InChI=1S/C26H25F3N2O4S/c1-14(2)18-9-17(27)10-20(16-6-7-30-26(8-16)35-5)21(18)12-25(32)31-36(33,34)24-11-19(15(3)4)22(28)13-23(24)29/h6-11,13-14H,3,12H2,1-2,4-5H3,(H,31,32). The topological polar surface area (TPSA) is 85.4 Å². The second-order valence-electron chi connectivity index (χ2n) is 8.51. The van der Waals surface area contributed by atoms with E-state index >= 15 is 0 Å². The lowest BCUT2D eigenvalue weighted by Gasteiger charge is -2.18. The summed E-state index contributed by atoms with van der Waals surface area (Å²) in [7, 11) is -3.28. The van der Waals surface area contributed by atoms with Crippen LogP contribution >= 0.6 is 0 Å². The van der Waals surface area contributed by atoms with Gasteiger partial charge in [-0.3, -0.25) is 4.79 Å². The van der Waals surface area contributed by atoms with E-state index in [4.69, 9.17) is 4.74 Å². The Bertz CT molecular complexity index is 1450. The summed E-state index contributed by atoms with van der Waals surface area (Å²) < 4.78 is 75.6. The number of rotatable bonds is 8. The molecule has 0 saturated heterocycles. The summed E-state index contributed by atoms with van der Waals surface area (Å²) in [6.07, 6.45) is 1.00. The molecule has 0 radical (unpaired) electrons. The van der Waals surface area contributed by atoms with Gasteiger partial charge in [0.25, 0.3) is 10.0 Å². The summed E-state index contributed by atoms with van der Waals surface area (Å²) in [5, 5.41) is 0. The minimum Gasteiger partial charge on any atom is -0.481 e. The molecule has 1 aromatic heterocycles.